The number of ketones is 1. The zero-order valence-corrected chi connectivity index (χ0v) is 19.0. The first-order valence-electron chi connectivity index (χ1n) is 11.1. The quantitative estimate of drug-likeness (QED) is 0.326. The number of nitrogens with one attached hydrogen (secondary N) is 2. The lowest BCUT2D eigenvalue weighted by molar-refractivity contribution is -0.117. The van der Waals surface area contributed by atoms with Crippen LogP contribution in [0.2, 0.25) is 0 Å². The van der Waals surface area contributed by atoms with Crippen LogP contribution in [0.5, 0.6) is 0 Å². The van der Waals surface area contributed by atoms with Gasteiger partial charge in [-0.3, -0.25) is 14.4 Å². The molecular formula is C29H23FN2O3. The van der Waals surface area contributed by atoms with Crippen LogP contribution in [0.4, 0.5) is 15.8 Å². The van der Waals surface area contributed by atoms with Crippen LogP contribution in [-0.4, -0.2) is 17.6 Å². The summed E-state index contributed by atoms with van der Waals surface area (Å²) in [5, 5.41) is 5.52. The van der Waals surface area contributed by atoms with Crippen molar-refractivity contribution >= 4 is 29.0 Å². The minimum atomic E-state index is -0.577. The van der Waals surface area contributed by atoms with Gasteiger partial charge in [-0.2, -0.15) is 0 Å². The molecule has 0 spiro atoms. The van der Waals surface area contributed by atoms with Crippen molar-refractivity contribution in [2.75, 3.05) is 10.6 Å². The second-order valence-corrected chi connectivity index (χ2v) is 8.04. The Kier molecular flexibility index (Phi) is 7.12. The van der Waals surface area contributed by atoms with Crippen molar-refractivity contribution in [3.8, 4) is 0 Å². The van der Waals surface area contributed by atoms with Crippen LogP contribution in [0.3, 0.4) is 0 Å². The van der Waals surface area contributed by atoms with Gasteiger partial charge in [-0.1, -0.05) is 60.7 Å². The SMILES string of the molecule is C[C@@H](C(=O)Nc1ccccc1C(=O)Nc1ccc(F)cc1)c1cccc(C(=O)c2ccccc2)c1. The molecule has 2 N–H and O–H groups in total. The van der Waals surface area contributed by atoms with E-state index in [0.29, 0.717) is 28.1 Å². The van der Waals surface area contributed by atoms with Gasteiger partial charge in [0.05, 0.1) is 17.2 Å². The molecule has 0 unspecified atom stereocenters. The molecule has 0 radical (unpaired) electrons. The monoisotopic (exact) mass is 466 g/mol. The normalized spacial score (nSPS) is 11.4. The summed E-state index contributed by atoms with van der Waals surface area (Å²) >= 11 is 0. The number of carbonyl (C=O) groups is 3. The topological polar surface area (TPSA) is 75.3 Å². The number of benzene rings is 4. The van der Waals surface area contributed by atoms with Gasteiger partial charge in [-0.05, 0) is 55.0 Å². The Balaban J connectivity index is 1.50. The molecular weight excluding hydrogens is 443 g/mol. The third kappa shape index (κ3) is 5.68. The molecule has 6 heteroatoms. The summed E-state index contributed by atoms with van der Waals surface area (Å²) in [4.78, 5) is 38.7. The average molecular weight is 467 g/mol. The van der Waals surface area contributed by atoms with Crippen LogP contribution in [0.15, 0.2) is 103 Å². The van der Waals surface area contributed by atoms with Gasteiger partial charge >= 0.3 is 0 Å². The van der Waals surface area contributed by atoms with Crippen molar-refractivity contribution in [2.45, 2.75) is 12.8 Å². The Morgan fingerprint density at radius 1 is 0.714 bits per heavy atom. The Hall–Kier alpha value is -4.58. The molecule has 4 aromatic rings. The summed E-state index contributed by atoms with van der Waals surface area (Å²) in [6, 6.07) is 28.0. The molecule has 2 amide bonds. The Morgan fingerprint density at radius 2 is 1.37 bits per heavy atom. The standard InChI is InChI=1S/C29H23FN2O3/c1-19(21-10-7-11-22(18-21)27(33)20-8-3-2-4-9-20)28(34)32-26-13-6-5-12-25(26)29(35)31-24-16-14-23(30)15-17-24/h2-19H,1H3,(H,31,35)(H,32,34)/t19-/m1/s1. The zero-order chi connectivity index (χ0) is 24.8. The molecule has 0 aliphatic rings. The summed E-state index contributed by atoms with van der Waals surface area (Å²) in [5.74, 6) is -1.86. The van der Waals surface area contributed by atoms with E-state index < -0.39 is 17.6 Å². The first-order valence-corrected chi connectivity index (χ1v) is 11.1. The van der Waals surface area contributed by atoms with Gasteiger partial charge < -0.3 is 10.6 Å². The summed E-state index contributed by atoms with van der Waals surface area (Å²) in [6.45, 7) is 1.74. The first-order chi connectivity index (χ1) is 16.9. The minimum absolute atomic E-state index is 0.122. The highest BCUT2D eigenvalue weighted by Crippen LogP contribution is 2.23. The number of hydrogen-bond acceptors (Lipinski definition) is 3. The molecule has 0 bridgehead atoms. The predicted octanol–water partition coefficient (Wildman–Crippen LogP) is 6.05. The van der Waals surface area contributed by atoms with E-state index in [4.69, 9.17) is 0 Å². The zero-order valence-electron chi connectivity index (χ0n) is 19.0. The fourth-order valence-electron chi connectivity index (χ4n) is 3.62. The predicted molar refractivity (Wildman–Crippen MR) is 134 cm³/mol. The van der Waals surface area contributed by atoms with E-state index in [2.05, 4.69) is 10.6 Å². The van der Waals surface area contributed by atoms with Gasteiger partial charge in [-0.25, -0.2) is 4.39 Å². The van der Waals surface area contributed by atoms with E-state index in [-0.39, 0.29) is 17.3 Å². The molecule has 0 fully saturated rings. The summed E-state index contributed by atoms with van der Waals surface area (Å²) < 4.78 is 13.1. The van der Waals surface area contributed by atoms with Gasteiger partial charge in [0.1, 0.15) is 5.82 Å². The van der Waals surface area contributed by atoms with Crippen LogP contribution in [0.1, 0.15) is 44.7 Å². The van der Waals surface area contributed by atoms with Crippen LogP contribution in [0.25, 0.3) is 0 Å². The van der Waals surface area contributed by atoms with Gasteiger partial charge in [0.15, 0.2) is 5.78 Å². The van der Waals surface area contributed by atoms with Crippen molar-refractivity contribution in [1.82, 2.24) is 0 Å². The van der Waals surface area contributed by atoms with Gasteiger partial charge in [0.25, 0.3) is 5.91 Å². The fourth-order valence-corrected chi connectivity index (χ4v) is 3.62. The maximum atomic E-state index is 13.1. The van der Waals surface area contributed by atoms with Crippen molar-refractivity contribution in [3.63, 3.8) is 0 Å². The molecule has 0 saturated carbocycles. The highest BCUT2D eigenvalue weighted by molar-refractivity contribution is 6.11. The molecule has 0 aromatic heterocycles. The number of para-hydroxylation sites is 1. The summed E-state index contributed by atoms with van der Waals surface area (Å²) in [6.07, 6.45) is 0. The molecule has 4 aromatic carbocycles. The van der Waals surface area contributed by atoms with Gasteiger partial charge in [-0.15, -0.1) is 0 Å². The lowest BCUT2D eigenvalue weighted by atomic mass is 9.95. The third-order valence-electron chi connectivity index (χ3n) is 5.61. The molecule has 5 nitrogen and oxygen atoms in total. The highest BCUT2D eigenvalue weighted by atomic mass is 19.1. The van der Waals surface area contributed by atoms with Crippen molar-refractivity contribution < 1.29 is 18.8 Å². The van der Waals surface area contributed by atoms with Crippen molar-refractivity contribution in [2.24, 2.45) is 0 Å². The number of amides is 2. The number of rotatable bonds is 7. The van der Waals surface area contributed by atoms with Crippen LogP contribution in [0, 0.1) is 5.82 Å². The van der Waals surface area contributed by atoms with E-state index in [1.807, 2.05) is 6.07 Å². The lowest BCUT2D eigenvalue weighted by Gasteiger charge is -2.16. The number of hydrogen-bond donors (Lipinski definition) is 2. The molecule has 1 atom stereocenters. The molecule has 0 aliphatic carbocycles. The number of carbonyl (C=O) groups excluding carboxylic acids is 3. The summed E-state index contributed by atoms with van der Waals surface area (Å²) in [7, 11) is 0. The van der Waals surface area contributed by atoms with Crippen molar-refractivity contribution in [3.05, 3.63) is 131 Å². The Bertz CT molecular complexity index is 1370. The highest BCUT2D eigenvalue weighted by Gasteiger charge is 2.20. The third-order valence-corrected chi connectivity index (χ3v) is 5.61. The Labute approximate surface area is 202 Å². The van der Waals surface area contributed by atoms with Gasteiger partial charge in [0, 0.05) is 16.8 Å². The summed E-state index contributed by atoms with van der Waals surface area (Å²) in [5.41, 5.74) is 2.80. The van der Waals surface area contributed by atoms with Gasteiger partial charge in [0.2, 0.25) is 5.91 Å². The minimum Gasteiger partial charge on any atom is -0.325 e. The van der Waals surface area contributed by atoms with Crippen LogP contribution in [-0.2, 0) is 4.79 Å². The van der Waals surface area contributed by atoms with E-state index in [0.717, 1.165) is 0 Å². The molecule has 174 valence electrons. The first kappa shape index (κ1) is 23.6. The molecule has 0 heterocycles. The van der Waals surface area contributed by atoms with E-state index in [1.165, 1.54) is 24.3 Å². The largest absolute Gasteiger partial charge is 0.325 e. The maximum absolute atomic E-state index is 13.1. The smallest absolute Gasteiger partial charge is 0.257 e. The van der Waals surface area contributed by atoms with E-state index in [1.54, 1.807) is 79.7 Å². The average Bonchev–Trinajstić information content (AvgIpc) is 2.90. The van der Waals surface area contributed by atoms with Crippen LogP contribution >= 0.6 is 0 Å². The lowest BCUT2D eigenvalue weighted by Crippen LogP contribution is -2.22. The van der Waals surface area contributed by atoms with Crippen LogP contribution < -0.4 is 10.6 Å². The number of anilines is 2. The molecule has 0 saturated heterocycles. The van der Waals surface area contributed by atoms with Crippen molar-refractivity contribution in [1.29, 1.82) is 0 Å². The number of halogens is 1. The Morgan fingerprint density at radius 3 is 2.11 bits per heavy atom. The molecule has 35 heavy (non-hydrogen) atoms. The molecule has 4 rings (SSSR count). The fraction of sp³-hybridized carbons (Fsp3) is 0.0690. The van der Waals surface area contributed by atoms with E-state index >= 15 is 0 Å². The second kappa shape index (κ2) is 10.6. The maximum Gasteiger partial charge on any atom is 0.257 e. The second-order valence-electron chi connectivity index (χ2n) is 8.04. The molecule has 0 aliphatic heterocycles. The van der Waals surface area contributed by atoms with E-state index in [9.17, 15) is 18.8 Å².